The first kappa shape index (κ1) is 18.8. The maximum atomic E-state index is 12.5. The van der Waals surface area contributed by atoms with E-state index in [1.54, 1.807) is 26.0 Å². The zero-order valence-corrected chi connectivity index (χ0v) is 15.0. The van der Waals surface area contributed by atoms with Crippen molar-refractivity contribution < 1.29 is 29.0 Å². The van der Waals surface area contributed by atoms with Gasteiger partial charge in [0.25, 0.3) is 0 Å². The third-order valence-electron chi connectivity index (χ3n) is 4.40. The molecule has 0 saturated heterocycles. The van der Waals surface area contributed by atoms with Gasteiger partial charge in [0.05, 0.1) is 36.3 Å². The van der Waals surface area contributed by atoms with Crippen LogP contribution in [0.5, 0.6) is 5.75 Å². The number of esters is 1. The number of benzene rings is 1. The number of carbonyl (C=O) groups excluding carboxylic acids is 2. The maximum Gasteiger partial charge on any atom is 0.337 e. The zero-order valence-electron chi connectivity index (χ0n) is 15.0. The molecule has 0 unspecified atom stereocenters. The lowest BCUT2D eigenvalue weighted by atomic mass is 10.1. The number of carboxylic acid groups (broad SMARTS) is 1. The Morgan fingerprint density at radius 1 is 1.20 bits per heavy atom. The van der Waals surface area contributed by atoms with Gasteiger partial charge >= 0.3 is 11.9 Å². The van der Waals surface area contributed by atoms with Crippen LogP contribution in [-0.2, 0) is 14.3 Å². The van der Waals surface area contributed by atoms with E-state index >= 15 is 0 Å². The van der Waals surface area contributed by atoms with E-state index in [0.29, 0.717) is 11.4 Å². The SMILES string of the molecule is COC(=O)c1ccc(OC(C)C)c(NC(=O)[C@H]2[C@@H](C(=O)O)C2(C)C)c1. The van der Waals surface area contributed by atoms with Gasteiger partial charge in [-0.1, -0.05) is 13.8 Å². The largest absolute Gasteiger partial charge is 0.489 e. The fraction of sp³-hybridized carbons (Fsp3) is 0.500. The summed E-state index contributed by atoms with van der Waals surface area (Å²) < 4.78 is 10.3. The Balaban J connectivity index is 2.28. The number of amides is 1. The standard InChI is InChI=1S/C18H23NO6/c1-9(2)25-12-7-6-10(17(23)24-5)8-11(12)19-15(20)13-14(16(21)22)18(13,3)4/h6-9,13-14H,1-5H3,(H,19,20)(H,21,22)/t13-,14+/m1/s1. The third kappa shape index (κ3) is 3.75. The summed E-state index contributed by atoms with van der Waals surface area (Å²) in [5.74, 6) is -2.91. The van der Waals surface area contributed by atoms with Crippen molar-refractivity contribution >= 4 is 23.5 Å². The normalized spacial score (nSPS) is 20.7. The first-order valence-electron chi connectivity index (χ1n) is 8.02. The quantitative estimate of drug-likeness (QED) is 0.765. The molecule has 0 aliphatic heterocycles. The van der Waals surface area contributed by atoms with Crippen LogP contribution in [0.4, 0.5) is 5.69 Å². The lowest BCUT2D eigenvalue weighted by Gasteiger charge is -2.16. The molecule has 1 aliphatic carbocycles. The molecule has 0 aromatic heterocycles. The van der Waals surface area contributed by atoms with Crippen LogP contribution in [0.2, 0.25) is 0 Å². The van der Waals surface area contributed by atoms with Gasteiger partial charge in [0.1, 0.15) is 5.75 Å². The molecule has 0 heterocycles. The Labute approximate surface area is 146 Å². The minimum absolute atomic E-state index is 0.135. The maximum absolute atomic E-state index is 12.5. The first-order chi connectivity index (χ1) is 11.6. The summed E-state index contributed by atoms with van der Waals surface area (Å²) in [6, 6.07) is 4.58. The van der Waals surface area contributed by atoms with Gasteiger partial charge in [0.2, 0.25) is 5.91 Å². The molecule has 25 heavy (non-hydrogen) atoms. The third-order valence-corrected chi connectivity index (χ3v) is 4.40. The number of ether oxygens (including phenoxy) is 2. The summed E-state index contributed by atoms with van der Waals surface area (Å²) in [6.45, 7) is 7.16. The predicted molar refractivity (Wildman–Crippen MR) is 90.6 cm³/mol. The van der Waals surface area contributed by atoms with Gasteiger partial charge in [0, 0.05) is 0 Å². The fourth-order valence-electron chi connectivity index (χ4n) is 3.03. The molecule has 2 rings (SSSR count). The molecule has 0 bridgehead atoms. The number of nitrogens with one attached hydrogen (secondary N) is 1. The molecule has 1 aromatic carbocycles. The molecule has 1 saturated carbocycles. The van der Waals surface area contributed by atoms with Gasteiger partial charge in [-0.05, 0) is 37.5 Å². The Morgan fingerprint density at radius 2 is 1.84 bits per heavy atom. The Kier molecular flexibility index (Phi) is 5.06. The van der Waals surface area contributed by atoms with Gasteiger partial charge < -0.3 is 19.9 Å². The van der Waals surface area contributed by atoms with Crippen LogP contribution >= 0.6 is 0 Å². The van der Waals surface area contributed by atoms with Gasteiger partial charge in [-0.25, -0.2) is 4.79 Å². The molecule has 1 aliphatic rings. The summed E-state index contributed by atoms with van der Waals surface area (Å²) in [4.78, 5) is 35.5. The average molecular weight is 349 g/mol. The number of rotatable bonds is 6. The van der Waals surface area contributed by atoms with Crippen molar-refractivity contribution in [1.82, 2.24) is 0 Å². The van der Waals surface area contributed by atoms with Crippen LogP contribution in [0, 0.1) is 17.3 Å². The molecule has 7 nitrogen and oxygen atoms in total. The monoisotopic (exact) mass is 349 g/mol. The van der Waals surface area contributed by atoms with Gasteiger partial charge in [-0.3, -0.25) is 9.59 Å². The van der Waals surface area contributed by atoms with Crippen molar-refractivity contribution in [1.29, 1.82) is 0 Å². The van der Waals surface area contributed by atoms with Crippen LogP contribution in [0.3, 0.4) is 0 Å². The van der Waals surface area contributed by atoms with Crippen molar-refractivity contribution in [2.75, 3.05) is 12.4 Å². The van der Waals surface area contributed by atoms with Crippen LogP contribution < -0.4 is 10.1 Å². The molecular formula is C18H23NO6. The van der Waals surface area contributed by atoms with E-state index in [1.165, 1.54) is 13.2 Å². The number of carbonyl (C=O) groups is 3. The van der Waals surface area contributed by atoms with Gasteiger partial charge in [-0.2, -0.15) is 0 Å². The number of carboxylic acids is 1. The van der Waals surface area contributed by atoms with E-state index in [9.17, 15) is 19.5 Å². The molecule has 136 valence electrons. The highest BCUT2D eigenvalue weighted by Crippen LogP contribution is 2.58. The highest BCUT2D eigenvalue weighted by Gasteiger charge is 2.65. The number of hydrogen-bond acceptors (Lipinski definition) is 5. The van der Waals surface area contributed by atoms with Crippen LogP contribution in [0.25, 0.3) is 0 Å². The van der Waals surface area contributed by atoms with E-state index in [1.807, 2.05) is 13.8 Å². The molecular weight excluding hydrogens is 326 g/mol. The van der Waals surface area contributed by atoms with Gasteiger partial charge in [-0.15, -0.1) is 0 Å². The van der Waals surface area contributed by atoms with Crippen molar-refractivity contribution in [3.05, 3.63) is 23.8 Å². The lowest BCUT2D eigenvalue weighted by Crippen LogP contribution is -2.19. The second kappa shape index (κ2) is 6.74. The summed E-state index contributed by atoms with van der Waals surface area (Å²) in [7, 11) is 1.27. The summed E-state index contributed by atoms with van der Waals surface area (Å²) in [6.07, 6.45) is -0.135. The molecule has 0 spiro atoms. The zero-order chi connectivity index (χ0) is 18.9. The highest BCUT2D eigenvalue weighted by molar-refractivity contribution is 6.01. The van der Waals surface area contributed by atoms with E-state index in [-0.39, 0.29) is 11.7 Å². The second-order valence-corrected chi connectivity index (χ2v) is 6.97. The summed E-state index contributed by atoms with van der Waals surface area (Å²) in [5.41, 5.74) is -0.0400. The molecule has 1 amide bonds. The van der Waals surface area contributed by atoms with E-state index in [4.69, 9.17) is 4.74 Å². The van der Waals surface area contributed by atoms with Crippen molar-refractivity contribution in [3.8, 4) is 5.75 Å². The summed E-state index contributed by atoms with van der Waals surface area (Å²) >= 11 is 0. The van der Waals surface area contributed by atoms with Gasteiger partial charge in [0.15, 0.2) is 0 Å². The van der Waals surface area contributed by atoms with Crippen molar-refractivity contribution in [2.24, 2.45) is 17.3 Å². The predicted octanol–water partition coefficient (Wildman–Crippen LogP) is 2.56. The fourth-order valence-corrected chi connectivity index (χ4v) is 3.03. The lowest BCUT2D eigenvalue weighted by molar-refractivity contribution is -0.140. The molecule has 1 aromatic rings. The number of hydrogen-bond donors (Lipinski definition) is 2. The number of aliphatic carboxylic acids is 1. The smallest absolute Gasteiger partial charge is 0.337 e. The minimum Gasteiger partial charge on any atom is -0.489 e. The molecule has 0 radical (unpaired) electrons. The summed E-state index contributed by atoms with van der Waals surface area (Å²) in [5, 5.41) is 11.9. The minimum atomic E-state index is -0.993. The van der Waals surface area contributed by atoms with Crippen LogP contribution in [0.1, 0.15) is 38.1 Å². The van der Waals surface area contributed by atoms with E-state index in [0.717, 1.165) is 0 Å². The second-order valence-electron chi connectivity index (χ2n) is 6.97. The molecule has 7 heteroatoms. The average Bonchev–Trinajstić information content (AvgIpc) is 3.10. The first-order valence-corrected chi connectivity index (χ1v) is 8.02. The number of methoxy groups -OCH3 is 1. The topological polar surface area (TPSA) is 102 Å². The Hall–Kier alpha value is -2.57. The van der Waals surface area contributed by atoms with Crippen molar-refractivity contribution in [2.45, 2.75) is 33.8 Å². The number of anilines is 1. The Morgan fingerprint density at radius 3 is 2.32 bits per heavy atom. The highest BCUT2D eigenvalue weighted by atomic mass is 16.5. The van der Waals surface area contributed by atoms with Crippen LogP contribution in [0.15, 0.2) is 18.2 Å². The van der Waals surface area contributed by atoms with Crippen LogP contribution in [-0.4, -0.2) is 36.2 Å². The molecule has 1 fully saturated rings. The van der Waals surface area contributed by atoms with E-state index in [2.05, 4.69) is 10.1 Å². The van der Waals surface area contributed by atoms with E-state index < -0.39 is 35.1 Å². The molecule has 2 atom stereocenters. The Bertz CT molecular complexity index is 710. The molecule has 2 N–H and O–H groups in total. The van der Waals surface area contributed by atoms with Crippen molar-refractivity contribution in [3.63, 3.8) is 0 Å².